The Hall–Kier alpha value is -1.59. The van der Waals surface area contributed by atoms with Crippen LogP contribution >= 0.6 is 12.4 Å². The van der Waals surface area contributed by atoms with Gasteiger partial charge in [-0.25, -0.2) is 4.79 Å². The minimum absolute atomic E-state index is 0. The number of para-hydroxylation sites is 1. The second-order valence-corrected chi connectivity index (χ2v) is 7.42. The Kier molecular flexibility index (Phi) is 8.57. The first-order valence-corrected chi connectivity index (χ1v) is 8.93. The largest absolute Gasteiger partial charge is 0.453 e. The lowest BCUT2D eigenvalue weighted by Crippen LogP contribution is -2.27. The monoisotopic (exact) mass is 383 g/mol. The first-order chi connectivity index (χ1) is 11.8. The number of likely N-dealkylation sites (N-methyl/N-ethyl adjacent to an activating group) is 1. The molecule has 0 aromatic heterocycles. The standard InChI is InChI=1S/C20H29NO4.ClH/c1-13(2)16-7-6-8-17(14(3)15-9-10-15)20(16)25-19(23)12-24-18(22)11-21(4)5;/h6-8,13-15H,9-12H2,1-5H3;1H/t14-;/m1./s1. The molecule has 0 saturated heterocycles. The highest BCUT2D eigenvalue weighted by Gasteiger charge is 2.32. The van der Waals surface area contributed by atoms with Crippen molar-refractivity contribution in [2.24, 2.45) is 5.92 Å². The normalized spacial score (nSPS) is 14.7. The van der Waals surface area contributed by atoms with E-state index in [0.29, 0.717) is 17.6 Å². The van der Waals surface area contributed by atoms with Crippen molar-refractivity contribution in [1.82, 2.24) is 4.90 Å². The molecule has 1 aliphatic rings. The van der Waals surface area contributed by atoms with Crippen LogP contribution in [0.3, 0.4) is 0 Å². The Morgan fingerprint density at radius 2 is 1.73 bits per heavy atom. The van der Waals surface area contributed by atoms with Gasteiger partial charge < -0.3 is 9.47 Å². The number of hydrogen-bond acceptors (Lipinski definition) is 5. The molecular formula is C20H30ClNO4. The summed E-state index contributed by atoms with van der Waals surface area (Å²) in [6.45, 7) is 6.12. The van der Waals surface area contributed by atoms with Gasteiger partial charge in [-0.1, -0.05) is 39.0 Å². The minimum atomic E-state index is -0.538. The summed E-state index contributed by atoms with van der Waals surface area (Å²) in [7, 11) is 3.54. The van der Waals surface area contributed by atoms with Gasteiger partial charge in [-0.3, -0.25) is 9.69 Å². The second kappa shape index (κ2) is 9.93. The van der Waals surface area contributed by atoms with Gasteiger partial charge in [0, 0.05) is 0 Å². The predicted molar refractivity (Wildman–Crippen MR) is 104 cm³/mol. The van der Waals surface area contributed by atoms with Crippen LogP contribution in [0.15, 0.2) is 18.2 Å². The van der Waals surface area contributed by atoms with Crippen LogP contribution < -0.4 is 4.74 Å². The lowest BCUT2D eigenvalue weighted by molar-refractivity contribution is -0.154. The van der Waals surface area contributed by atoms with E-state index in [9.17, 15) is 9.59 Å². The molecule has 0 aliphatic heterocycles. The van der Waals surface area contributed by atoms with Gasteiger partial charge in [0.05, 0.1) is 6.54 Å². The van der Waals surface area contributed by atoms with E-state index in [1.165, 1.54) is 12.8 Å². The number of benzene rings is 1. The Morgan fingerprint density at radius 3 is 2.27 bits per heavy atom. The van der Waals surface area contributed by atoms with Gasteiger partial charge in [-0.2, -0.15) is 0 Å². The highest BCUT2D eigenvalue weighted by Crippen LogP contribution is 2.46. The molecule has 0 radical (unpaired) electrons. The molecule has 26 heavy (non-hydrogen) atoms. The number of carbonyl (C=O) groups excluding carboxylic acids is 2. The van der Waals surface area contributed by atoms with E-state index in [1.54, 1.807) is 19.0 Å². The molecule has 6 heteroatoms. The first-order valence-electron chi connectivity index (χ1n) is 8.93. The van der Waals surface area contributed by atoms with Gasteiger partial charge in [-0.05, 0) is 55.8 Å². The highest BCUT2D eigenvalue weighted by molar-refractivity contribution is 5.85. The number of nitrogens with zero attached hydrogens (tertiary/aromatic N) is 1. The number of halogens is 1. The molecule has 5 nitrogen and oxygen atoms in total. The molecule has 0 amide bonds. The summed E-state index contributed by atoms with van der Waals surface area (Å²) in [6, 6.07) is 6.06. The summed E-state index contributed by atoms with van der Waals surface area (Å²) in [6.07, 6.45) is 2.45. The van der Waals surface area contributed by atoms with Gasteiger partial charge in [0.15, 0.2) is 6.61 Å². The summed E-state index contributed by atoms with van der Waals surface area (Å²) < 4.78 is 10.7. The average Bonchev–Trinajstić information content (AvgIpc) is 3.36. The van der Waals surface area contributed by atoms with Crippen LogP contribution in [0.5, 0.6) is 5.75 Å². The number of hydrogen-bond donors (Lipinski definition) is 0. The molecule has 0 heterocycles. The molecule has 0 N–H and O–H groups in total. The van der Waals surface area contributed by atoms with Crippen molar-refractivity contribution in [1.29, 1.82) is 0 Å². The van der Waals surface area contributed by atoms with Gasteiger partial charge in [-0.15, -0.1) is 12.4 Å². The predicted octanol–water partition coefficient (Wildman–Crippen LogP) is 3.76. The zero-order chi connectivity index (χ0) is 18.6. The third kappa shape index (κ3) is 6.29. The average molecular weight is 384 g/mol. The number of ether oxygens (including phenoxy) is 2. The zero-order valence-corrected chi connectivity index (χ0v) is 17.1. The van der Waals surface area contributed by atoms with E-state index in [0.717, 1.165) is 11.1 Å². The van der Waals surface area contributed by atoms with Gasteiger partial charge in [0.2, 0.25) is 0 Å². The molecule has 1 aliphatic carbocycles. The Morgan fingerprint density at radius 1 is 1.12 bits per heavy atom. The van der Waals surface area contributed by atoms with Gasteiger partial charge in [0.25, 0.3) is 0 Å². The highest BCUT2D eigenvalue weighted by atomic mass is 35.5. The van der Waals surface area contributed by atoms with E-state index in [1.807, 2.05) is 18.2 Å². The zero-order valence-electron chi connectivity index (χ0n) is 16.3. The maximum Gasteiger partial charge on any atom is 0.349 e. The van der Waals surface area contributed by atoms with Crippen molar-refractivity contribution in [3.63, 3.8) is 0 Å². The molecular weight excluding hydrogens is 354 g/mol. The summed E-state index contributed by atoms with van der Waals surface area (Å²) in [5.41, 5.74) is 2.08. The number of esters is 2. The molecule has 1 atom stereocenters. The molecule has 146 valence electrons. The third-order valence-corrected chi connectivity index (χ3v) is 4.53. The molecule has 1 aromatic rings. The Labute approximate surface area is 162 Å². The lowest BCUT2D eigenvalue weighted by Gasteiger charge is -2.20. The smallest absolute Gasteiger partial charge is 0.349 e. The van der Waals surface area contributed by atoms with Crippen LogP contribution in [0, 0.1) is 5.92 Å². The Balaban J connectivity index is 0.00000338. The topological polar surface area (TPSA) is 55.8 Å². The minimum Gasteiger partial charge on any atom is -0.453 e. The van der Waals surface area contributed by atoms with E-state index in [4.69, 9.17) is 9.47 Å². The fraction of sp³-hybridized carbons (Fsp3) is 0.600. The van der Waals surface area contributed by atoms with Crippen molar-refractivity contribution in [3.05, 3.63) is 29.3 Å². The van der Waals surface area contributed by atoms with Crippen molar-refractivity contribution < 1.29 is 19.1 Å². The van der Waals surface area contributed by atoms with Crippen LogP contribution in [0.1, 0.15) is 56.6 Å². The third-order valence-electron chi connectivity index (χ3n) is 4.53. The summed E-state index contributed by atoms with van der Waals surface area (Å²) in [5.74, 6) is 0.932. The lowest BCUT2D eigenvalue weighted by atomic mass is 9.90. The first kappa shape index (κ1) is 22.5. The van der Waals surface area contributed by atoms with Crippen LogP contribution in [0.25, 0.3) is 0 Å². The summed E-state index contributed by atoms with van der Waals surface area (Å²) >= 11 is 0. The van der Waals surface area contributed by atoms with E-state index in [2.05, 4.69) is 20.8 Å². The molecule has 0 bridgehead atoms. The molecule has 1 fully saturated rings. The van der Waals surface area contributed by atoms with E-state index in [-0.39, 0.29) is 31.5 Å². The fourth-order valence-electron chi connectivity index (χ4n) is 2.94. The van der Waals surface area contributed by atoms with E-state index >= 15 is 0 Å². The molecule has 1 saturated carbocycles. The SMILES string of the molecule is CC(C)c1cccc([C@H](C)C2CC2)c1OC(=O)COC(=O)CN(C)C.Cl. The second-order valence-electron chi connectivity index (χ2n) is 7.42. The van der Waals surface area contributed by atoms with Gasteiger partial charge >= 0.3 is 11.9 Å². The van der Waals surface area contributed by atoms with Crippen LogP contribution in [-0.4, -0.2) is 44.1 Å². The molecule has 0 unspecified atom stereocenters. The maximum atomic E-state index is 12.2. The van der Waals surface area contributed by atoms with E-state index < -0.39 is 11.9 Å². The van der Waals surface area contributed by atoms with Crippen molar-refractivity contribution in [3.8, 4) is 5.75 Å². The fourth-order valence-corrected chi connectivity index (χ4v) is 2.94. The van der Waals surface area contributed by atoms with Crippen LogP contribution in [-0.2, 0) is 14.3 Å². The summed E-state index contributed by atoms with van der Waals surface area (Å²) in [4.78, 5) is 25.5. The van der Waals surface area contributed by atoms with Crippen LogP contribution in [0.4, 0.5) is 0 Å². The molecule has 2 rings (SSSR count). The van der Waals surface area contributed by atoms with Crippen molar-refractivity contribution >= 4 is 24.3 Å². The van der Waals surface area contributed by atoms with Crippen molar-refractivity contribution in [2.45, 2.75) is 45.4 Å². The Bertz CT molecular complexity index is 626. The van der Waals surface area contributed by atoms with Crippen molar-refractivity contribution in [2.75, 3.05) is 27.2 Å². The van der Waals surface area contributed by atoms with Crippen LogP contribution in [0.2, 0.25) is 0 Å². The maximum absolute atomic E-state index is 12.2. The molecule has 1 aromatic carbocycles. The van der Waals surface area contributed by atoms with Gasteiger partial charge in [0.1, 0.15) is 5.75 Å². The summed E-state index contributed by atoms with van der Waals surface area (Å²) in [5, 5.41) is 0. The quantitative estimate of drug-likeness (QED) is 0.505. The molecule has 0 spiro atoms. The number of rotatable bonds is 8. The number of carbonyl (C=O) groups is 2.